The molecule has 0 bridgehead atoms. The van der Waals surface area contributed by atoms with Gasteiger partial charge >= 0.3 is 0 Å². The summed E-state index contributed by atoms with van der Waals surface area (Å²) in [6.07, 6.45) is 0.751. The van der Waals surface area contributed by atoms with Crippen LogP contribution in [-0.4, -0.2) is 38.0 Å². The molecule has 1 atom stereocenters. The van der Waals surface area contributed by atoms with Gasteiger partial charge in [0, 0.05) is 31.3 Å². The molecule has 1 fully saturated rings. The second-order valence-electron chi connectivity index (χ2n) is 5.67. The summed E-state index contributed by atoms with van der Waals surface area (Å²) in [5.41, 5.74) is 3.77. The van der Waals surface area contributed by atoms with Gasteiger partial charge in [-0.15, -0.1) is 0 Å². The second kappa shape index (κ2) is 7.43. The van der Waals surface area contributed by atoms with E-state index in [2.05, 4.69) is 53.4 Å². The van der Waals surface area contributed by atoms with Gasteiger partial charge in [0.1, 0.15) is 0 Å². The molecule has 116 valence electrons. The Bertz CT molecular complexity index is 562. The number of hydrogen-bond donors (Lipinski definition) is 1. The highest BCUT2D eigenvalue weighted by Gasteiger charge is 2.15. The fourth-order valence-corrected chi connectivity index (χ4v) is 3.08. The second-order valence-corrected chi connectivity index (χ2v) is 5.67. The van der Waals surface area contributed by atoms with Gasteiger partial charge < -0.3 is 14.7 Å². The van der Waals surface area contributed by atoms with E-state index in [1.165, 1.54) is 16.8 Å². The molecule has 1 aliphatic rings. The summed E-state index contributed by atoms with van der Waals surface area (Å²) in [5.74, 6) is 0.255. The van der Waals surface area contributed by atoms with Gasteiger partial charge in [-0.25, -0.2) is 0 Å². The molecule has 0 spiro atoms. The molecule has 0 amide bonds. The number of ether oxygens (including phenoxy) is 1. The molecule has 0 saturated carbocycles. The van der Waals surface area contributed by atoms with Gasteiger partial charge in [0.05, 0.1) is 13.2 Å². The summed E-state index contributed by atoms with van der Waals surface area (Å²) < 4.78 is 5.40. The van der Waals surface area contributed by atoms with Gasteiger partial charge in [-0.3, -0.25) is 0 Å². The van der Waals surface area contributed by atoms with Crippen LogP contribution >= 0.6 is 0 Å². The Balaban J connectivity index is 1.80. The zero-order chi connectivity index (χ0) is 15.2. The van der Waals surface area contributed by atoms with Gasteiger partial charge in [0.25, 0.3) is 0 Å². The van der Waals surface area contributed by atoms with E-state index in [-0.39, 0.29) is 12.5 Å². The van der Waals surface area contributed by atoms with Crippen LogP contribution in [0.15, 0.2) is 54.6 Å². The van der Waals surface area contributed by atoms with E-state index >= 15 is 0 Å². The molecule has 0 aliphatic carbocycles. The summed E-state index contributed by atoms with van der Waals surface area (Å²) in [6.45, 7) is 3.72. The zero-order valence-corrected chi connectivity index (χ0v) is 12.8. The van der Waals surface area contributed by atoms with Crippen LogP contribution in [0.1, 0.15) is 23.5 Å². The van der Waals surface area contributed by atoms with Gasteiger partial charge in [0.15, 0.2) is 0 Å². The Hall–Kier alpha value is -1.84. The van der Waals surface area contributed by atoms with Crippen LogP contribution in [0, 0.1) is 0 Å². The van der Waals surface area contributed by atoms with Crippen LogP contribution in [0.5, 0.6) is 0 Å². The lowest BCUT2D eigenvalue weighted by atomic mass is 9.89. The first-order chi connectivity index (χ1) is 10.9. The predicted molar refractivity (Wildman–Crippen MR) is 89.5 cm³/mol. The Morgan fingerprint density at radius 2 is 1.55 bits per heavy atom. The van der Waals surface area contributed by atoms with E-state index < -0.39 is 0 Å². The third kappa shape index (κ3) is 3.49. The van der Waals surface area contributed by atoms with Crippen molar-refractivity contribution in [2.75, 3.05) is 37.8 Å². The lowest BCUT2D eigenvalue weighted by molar-refractivity contribution is 0.122. The number of rotatable bonds is 5. The molecule has 3 nitrogen and oxygen atoms in total. The highest BCUT2D eigenvalue weighted by Crippen LogP contribution is 2.29. The lowest BCUT2D eigenvalue weighted by Crippen LogP contribution is -2.36. The largest absolute Gasteiger partial charge is 0.396 e. The molecule has 0 radical (unpaired) electrons. The average Bonchev–Trinajstić information content (AvgIpc) is 2.61. The van der Waals surface area contributed by atoms with E-state index in [1.54, 1.807) is 0 Å². The topological polar surface area (TPSA) is 32.7 Å². The maximum Gasteiger partial charge on any atom is 0.0642 e. The average molecular weight is 297 g/mol. The maximum absolute atomic E-state index is 9.40. The normalized spacial score (nSPS) is 16.5. The monoisotopic (exact) mass is 297 g/mol. The third-order valence-electron chi connectivity index (χ3n) is 4.29. The number of morpholine rings is 1. The summed E-state index contributed by atoms with van der Waals surface area (Å²) in [7, 11) is 0. The molecule has 2 aromatic rings. The van der Waals surface area contributed by atoms with Crippen molar-refractivity contribution in [2.45, 2.75) is 12.3 Å². The minimum Gasteiger partial charge on any atom is -0.396 e. The summed E-state index contributed by atoms with van der Waals surface area (Å²) in [4.78, 5) is 2.36. The van der Waals surface area contributed by atoms with Crippen LogP contribution in [0.4, 0.5) is 5.69 Å². The third-order valence-corrected chi connectivity index (χ3v) is 4.29. The van der Waals surface area contributed by atoms with Crippen molar-refractivity contribution < 1.29 is 9.84 Å². The smallest absolute Gasteiger partial charge is 0.0642 e. The quantitative estimate of drug-likeness (QED) is 0.921. The highest BCUT2D eigenvalue weighted by atomic mass is 16.5. The van der Waals surface area contributed by atoms with Crippen LogP contribution < -0.4 is 4.90 Å². The molecule has 1 N–H and O–H groups in total. The number of nitrogens with zero attached hydrogens (tertiary/aromatic N) is 1. The Morgan fingerprint density at radius 3 is 2.18 bits per heavy atom. The molecule has 1 saturated heterocycles. The molecular formula is C19H23NO2. The van der Waals surface area contributed by atoms with Crippen LogP contribution in [0.25, 0.3) is 0 Å². The molecule has 1 unspecified atom stereocenters. The molecule has 1 aliphatic heterocycles. The van der Waals surface area contributed by atoms with Gasteiger partial charge in [0.2, 0.25) is 0 Å². The fraction of sp³-hybridized carbons (Fsp3) is 0.368. The Kier molecular flexibility index (Phi) is 5.09. The number of aliphatic hydroxyl groups excluding tert-OH is 1. The molecule has 3 heteroatoms. The van der Waals surface area contributed by atoms with Crippen molar-refractivity contribution in [3.05, 3.63) is 65.7 Å². The van der Waals surface area contributed by atoms with Crippen molar-refractivity contribution in [3.63, 3.8) is 0 Å². The minimum atomic E-state index is 0.199. The van der Waals surface area contributed by atoms with E-state index in [0.717, 1.165) is 32.7 Å². The van der Waals surface area contributed by atoms with Crippen LogP contribution in [0.3, 0.4) is 0 Å². The summed E-state index contributed by atoms with van der Waals surface area (Å²) in [5, 5.41) is 9.40. The van der Waals surface area contributed by atoms with E-state index in [0.29, 0.717) is 0 Å². The molecule has 22 heavy (non-hydrogen) atoms. The SMILES string of the molecule is OCCC(c1ccccc1)c1ccc(N2CCOCC2)cc1. The Morgan fingerprint density at radius 1 is 0.909 bits per heavy atom. The standard InChI is InChI=1S/C19H23NO2/c21-13-10-19(16-4-2-1-3-5-16)17-6-8-18(9-7-17)20-11-14-22-15-12-20/h1-9,19,21H,10-15H2. The summed E-state index contributed by atoms with van der Waals surface area (Å²) >= 11 is 0. The van der Waals surface area contributed by atoms with E-state index in [1.807, 2.05) is 6.07 Å². The van der Waals surface area contributed by atoms with E-state index in [4.69, 9.17) is 4.74 Å². The number of benzene rings is 2. The van der Waals surface area contributed by atoms with Crippen molar-refractivity contribution in [2.24, 2.45) is 0 Å². The first-order valence-electron chi connectivity index (χ1n) is 7.97. The molecular weight excluding hydrogens is 274 g/mol. The van der Waals surface area contributed by atoms with Crippen molar-refractivity contribution in [1.29, 1.82) is 0 Å². The number of anilines is 1. The van der Waals surface area contributed by atoms with Crippen LogP contribution in [0.2, 0.25) is 0 Å². The maximum atomic E-state index is 9.40. The molecule has 0 aromatic heterocycles. The first-order valence-corrected chi connectivity index (χ1v) is 7.97. The molecule has 1 heterocycles. The molecule has 2 aromatic carbocycles. The lowest BCUT2D eigenvalue weighted by Gasteiger charge is -2.29. The van der Waals surface area contributed by atoms with Gasteiger partial charge in [-0.05, 0) is 29.7 Å². The van der Waals surface area contributed by atoms with E-state index in [9.17, 15) is 5.11 Å². The van der Waals surface area contributed by atoms with Crippen molar-refractivity contribution in [3.8, 4) is 0 Å². The molecule has 3 rings (SSSR count). The van der Waals surface area contributed by atoms with Crippen molar-refractivity contribution >= 4 is 5.69 Å². The number of aliphatic hydroxyl groups is 1. The highest BCUT2D eigenvalue weighted by molar-refractivity contribution is 5.49. The zero-order valence-electron chi connectivity index (χ0n) is 12.8. The first kappa shape index (κ1) is 15.1. The van der Waals surface area contributed by atoms with Crippen LogP contribution in [-0.2, 0) is 4.74 Å². The fourth-order valence-electron chi connectivity index (χ4n) is 3.08. The van der Waals surface area contributed by atoms with Gasteiger partial charge in [-0.2, -0.15) is 0 Å². The predicted octanol–water partition coefficient (Wildman–Crippen LogP) is 3.04. The van der Waals surface area contributed by atoms with Crippen molar-refractivity contribution in [1.82, 2.24) is 0 Å². The Labute approximate surface area is 132 Å². The minimum absolute atomic E-state index is 0.199. The summed E-state index contributed by atoms with van der Waals surface area (Å²) in [6, 6.07) is 19.2. The number of hydrogen-bond acceptors (Lipinski definition) is 3. The van der Waals surface area contributed by atoms with Gasteiger partial charge in [-0.1, -0.05) is 42.5 Å².